The Balaban J connectivity index is 2.38. The molecule has 2 heteroatoms. The molecular weight excluding hydrogens is 162 g/mol. The van der Waals surface area contributed by atoms with Gasteiger partial charge in [-0.1, -0.05) is 18.2 Å². The number of hydrogen-bond donors (Lipinski definition) is 0. The molecule has 0 aromatic heterocycles. The molecule has 0 unspecified atom stereocenters. The first kappa shape index (κ1) is 8.00. The highest BCUT2D eigenvalue weighted by atomic mass is 16.1. The molecule has 2 rings (SSSR count). The molecule has 1 aromatic carbocycles. The molecule has 0 aliphatic heterocycles. The van der Waals surface area contributed by atoms with Crippen molar-refractivity contribution >= 4 is 5.78 Å². The van der Waals surface area contributed by atoms with Crippen LogP contribution >= 0.6 is 0 Å². The van der Waals surface area contributed by atoms with Crippen LogP contribution in [0.4, 0.5) is 0 Å². The van der Waals surface area contributed by atoms with Gasteiger partial charge in [-0.2, -0.15) is 5.26 Å². The Morgan fingerprint density at radius 1 is 1.38 bits per heavy atom. The zero-order valence-electron chi connectivity index (χ0n) is 7.16. The highest BCUT2D eigenvalue weighted by Gasteiger charge is 2.31. The molecule has 0 atom stereocenters. The van der Waals surface area contributed by atoms with E-state index >= 15 is 0 Å². The van der Waals surface area contributed by atoms with Gasteiger partial charge in [0.2, 0.25) is 0 Å². The summed E-state index contributed by atoms with van der Waals surface area (Å²) in [4.78, 5) is 11.6. The van der Waals surface area contributed by atoms with Crippen LogP contribution in [0.1, 0.15) is 28.8 Å². The van der Waals surface area contributed by atoms with E-state index < -0.39 is 0 Å². The van der Waals surface area contributed by atoms with Gasteiger partial charge in [0, 0.05) is 11.5 Å². The molecule has 1 aliphatic rings. The van der Waals surface area contributed by atoms with Crippen LogP contribution in [0, 0.1) is 17.2 Å². The van der Waals surface area contributed by atoms with E-state index in [2.05, 4.69) is 0 Å². The van der Waals surface area contributed by atoms with E-state index in [-0.39, 0.29) is 11.7 Å². The minimum Gasteiger partial charge on any atom is -0.294 e. The van der Waals surface area contributed by atoms with Crippen molar-refractivity contribution in [2.45, 2.75) is 12.8 Å². The fourth-order valence-corrected chi connectivity index (χ4v) is 1.36. The number of benzene rings is 1. The van der Waals surface area contributed by atoms with E-state index in [1.165, 1.54) is 0 Å². The monoisotopic (exact) mass is 171 g/mol. The van der Waals surface area contributed by atoms with Crippen LogP contribution in [-0.4, -0.2) is 5.78 Å². The average molecular weight is 171 g/mol. The molecular formula is C11H9NO. The van der Waals surface area contributed by atoms with Gasteiger partial charge in [-0.3, -0.25) is 4.79 Å². The van der Waals surface area contributed by atoms with E-state index in [1.807, 2.05) is 6.07 Å². The lowest BCUT2D eigenvalue weighted by molar-refractivity contribution is 0.0967. The zero-order valence-corrected chi connectivity index (χ0v) is 7.16. The van der Waals surface area contributed by atoms with Gasteiger partial charge in [-0.05, 0) is 18.9 Å². The molecule has 0 saturated heterocycles. The summed E-state index contributed by atoms with van der Waals surface area (Å²) in [5.41, 5.74) is 1.09. The van der Waals surface area contributed by atoms with E-state index in [0.717, 1.165) is 12.8 Å². The maximum atomic E-state index is 11.6. The van der Waals surface area contributed by atoms with Crippen LogP contribution in [0.3, 0.4) is 0 Å². The van der Waals surface area contributed by atoms with Gasteiger partial charge in [-0.15, -0.1) is 0 Å². The molecule has 0 radical (unpaired) electrons. The van der Waals surface area contributed by atoms with E-state index in [9.17, 15) is 4.79 Å². The van der Waals surface area contributed by atoms with Crippen molar-refractivity contribution in [1.29, 1.82) is 5.26 Å². The second-order valence-electron chi connectivity index (χ2n) is 3.30. The summed E-state index contributed by atoms with van der Waals surface area (Å²) in [6.45, 7) is 0. The maximum Gasteiger partial charge on any atom is 0.167 e. The van der Waals surface area contributed by atoms with Crippen LogP contribution in [0.5, 0.6) is 0 Å². The van der Waals surface area contributed by atoms with Crippen molar-refractivity contribution in [3.63, 3.8) is 0 Å². The molecule has 1 aliphatic carbocycles. The molecule has 0 bridgehead atoms. The molecule has 1 aromatic rings. The van der Waals surface area contributed by atoms with Gasteiger partial charge in [0.1, 0.15) is 0 Å². The Morgan fingerprint density at radius 3 is 2.69 bits per heavy atom. The number of ketones is 1. The summed E-state index contributed by atoms with van der Waals surface area (Å²) in [6.07, 6.45) is 1.97. The SMILES string of the molecule is N#Cc1ccccc1C(=O)C1CC1. The van der Waals surface area contributed by atoms with Crippen molar-refractivity contribution in [3.05, 3.63) is 35.4 Å². The summed E-state index contributed by atoms with van der Waals surface area (Å²) >= 11 is 0. The first-order valence-electron chi connectivity index (χ1n) is 4.36. The highest BCUT2D eigenvalue weighted by molar-refractivity contribution is 6.01. The van der Waals surface area contributed by atoms with Crippen LogP contribution < -0.4 is 0 Å². The fourth-order valence-electron chi connectivity index (χ4n) is 1.36. The number of carbonyl (C=O) groups excluding carboxylic acids is 1. The number of nitriles is 1. The number of rotatable bonds is 2. The molecule has 0 heterocycles. The molecule has 0 amide bonds. The van der Waals surface area contributed by atoms with Crippen molar-refractivity contribution in [2.75, 3.05) is 0 Å². The summed E-state index contributed by atoms with van der Waals surface area (Å²) < 4.78 is 0. The molecule has 0 N–H and O–H groups in total. The lowest BCUT2D eigenvalue weighted by Crippen LogP contribution is -2.03. The second kappa shape index (κ2) is 3.02. The smallest absolute Gasteiger partial charge is 0.167 e. The predicted molar refractivity (Wildman–Crippen MR) is 48.2 cm³/mol. The Labute approximate surface area is 76.8 Å². The van der Waals surface area contributed by atoms with Gasteiger partial charge in [0.15, 0.2) is 5.78 Å². The first-order valence-corrected chi connectivity index (χ1v) is 4.36. The molecule has 64 valence electrons. The van der Waals surface area contributed by atoms with E-state index in [1.54, 1.807) is 24.3 Å². The van der Waals surface area contributed by atoms with Crippen LogP contribution in [0.15, 0.2) is 24.3 Å². The van der Waals surface area contributed by atoms with Gasteiger partial charge in [-0.25, -0.2) is 0 Å². The van der Waals surface area contributed by atoms with Crippen molar-refractivity contribution in [2.24, 2.45) is 5.92 Å². The fraction of sp³-hybridized carbons (Fsp3) is 0.273. The van der Waals surface area contributed by atoms with Gasteiger partial charge >= 0.3 is 0 Å². The quantitative estimate of drug-likeness (QED) is 0.640. The average Bonchev–Trinajstić information content (AvgIpc) is 3.00. The largest absolute Gasteiger partial charge is 0.294 e. The lowest BCUT2D eigenvalue weighted by atomic mass is 10.0. The molecule has 1 fully saturated rings. The number of carbonyl (C=O) groups is 1. The Hall–Kier alpha value is -1.62. The summed E-state index contributed by atoms with van der Waals surface area (Å²) in [5, 5.41) is 8.77. The first-order chi connectivity index (χ1) is 6.33. The predicted octanol–water partition coefficient (Wildman–Crippen LogP) is 2.15. The third-order valence-corrected chi connectivity index (χ3v) is 2.26. The third kappa shape index (κ3) is 1.46. The van der Waals surface area contributed by atoms with E-state index in [0.29, 0.717) is 11.1 Å². The third-order valence-electron chi connectivity index (χ3n) is 2.26. The Kier molecular flexibility index (Phi) is 1.86. The normalized spacial score (nSPS) is 15.0. The number of nitrogens with zero attached hydrogens (tertiary/aromatic N) is 1. The topological polar surface area (TPSA) is 40.9 Å². The lowest BCUT2D eigenvalue weighted by Gasteiger charge is -1.99. The van der Waals surface area contributed by atoms with Crippen LogP contribution in [0.25, 0.3) is 0 Å². The Bertz CT molecular complexity index is 385. The summed E-state index contributed by atoms with van der Waals surface area (Å²) in [7, 11) is 0. The molecule has 2 nitrogen and oxygen atoms in total. The molecule has 1 saturated carbocycles. The van der Waals surface area contributed by atoms with Crippen LogP contribution in [-0.2, 0) is 0 Å². The van der Waals surface area contributed by atoms with Gasteiger partial charge < -0.3 is 0 Å². The van der Waals surface area contributed by atoms with Crippen LogP contribution in [0.2, 0.25) is 0 Å². The minimum atomic E-state index is 0.136. The molecule has 0 spiro atoms. The summed E-state index contributed by atoms with van der Waals surface area (Å²) in [6, 6.07) is 9.05. The standard InChI is InChI=1S/C11H9NO/c12-7-9-3-1-2-4-10(9)11(13)8-5-6-8/h1-4,8H,5-6H2. The van der Waals surface area contributed by atoms with E-state index in [4.69, 9.17) is 5.26 Å². The van der Waals surface area contributed by atoms with Crippen molar-refractivity contribution in [1.82, 2.24) is 0 Å². The molecule has 13 heavy (non-hydrogen) atoms. The van der Waals surface area contributed by atoms with Gasteiger partial charge in [0.25, 0.3) is 0 Å². The van der Waals surface area contributed by atoms with Gasteiger partial charge in [0.05, 0.1) is 11.6 Å². The minimum absolute atomic E-state index is 0.136. The number of hydrogen-bond acceptors (Lipinski definition) is 2. The summed E-state index contributed by atoms with van der Waals surface area (Å²) in [5.74, 6) is 0.326. The second-order valence-corrected chi connectivity index (χ2v) is 3.30. The Morgan fingerprint density at radius 2 is 2.08 bits per heavy atom. The highest BCUT2D eigenvalue weighted by Crippen LogP contribution is 2.33. The zero-order chi connectivity index (χ0) is 9.26. The number of Topliss-reactive ketones (excluding diaryl/α,β-unsaturated/α-hetero) is 1. The van der Waals surface area contributed by atoms with Crippen molar-refractivity contribution in [3.8, 4) is 6.07 Å². The van der Waals surface area contributed by atoms with Crippen molar-refractivity contribution < 1.29 is 4.79 Å². The maximum absolute atomic E-state index is 11.6.